The van der Waals surface area contributed by atoms with Crippen LogP contribution in [0.4, 0.5) is 18.9 Å². The molecule has 1 aromatic carbocycles. The molecule has 1 saturated heterocycles. The van der Waals surface area contributed by atoms with E-state index in [9.17, 15) is 26.4 Å². The number of benzene rings is 1. The van der Waals surface area contributed by atoms with Gasteiger partial charge in [0, 0.05) is 25.0 Å². The molecular formula is C19H20F3N3O4S2. The lowest BCUT2D eigenvalue weighted by Crippen LogP contribution is -2.40. The molecule has 0 unspecified atom stereocenters. The monoisotopic (exact) mass is 475 g/mol. The van der Waals surface area contributed by atoms with Gasteiger partial charge < -0.3 is 10.1 Å². The van der Waals surface area contributed by atoms with Gasteiger partial charge in [0.1, 0.15) is 0 Å². The third kappa shape index (κ3) is 5.97. The van der Waals surface area contributed by atoms with E-state index in [4.69, 9.17) is 4.74 Å². The number of nitrogens with zero attached hydrogens (tertiary/aromatic N) is 2. The zero-order chi connectivity index (χ0) is 22.6. The topological polar surface area (TPSA) is 88.6 Å². The third-order valence-electron chi connectivity index (χ3n) is 4.44. The van der Waals surface area contributed by atoms with Gasteiger partial charge in [-0.25, -0.2) is 13.4 Å². The minimum absolute atomic E-state index is 0.0527. The third-order valence-corrected chi connectivity index (χ3v) is 7.39. The van der Waals surface area contributed by atoms with Crippen LogP contribution < -0.4 is 5.32 Å². The fourth-order valence-corrected chi connectivity index (χ4v) is 5.01. The molecule has 2 aromatic rings. The molecule has 0 radical (unpaired) electrons. The highest BCUT2D eigenvalue weighted by Gasteiger charge is 2.31. The predicted octanol–water partition coefficient (Wildman–Crippen LogP) is 3.24. The van der Waals surface area contributed by atoms with Crippen LogP contribution in [0.25, 0.3) is 0 Å². The van der Waals surface area contributed by atoms with E-state index in [2.05, 4.69) is 10.3 Å². The minimum Gasteiger partial charge on any atom is -0.379 e. The molecule has 31 heavy (non-hydrogen) atoms. The van der Waals surface area contributed by atoms with Gasteiger partial charge in [0.25, 0.3) is 0 Å². The van der Waals surface area contributed by atoms with Crippen molar-refractivity contribution in [1.82, 2.24) is 9.29 Å². The van der Waals surface area contributed by atoms with E-state index in [1.807, 2.05) is 0 Å². The molecule has 1 aliphatic heterocycles. The highest BCUT2D eigenvalue weighted by atomic mass is 32.2. The molecule has 3 rings (SSSR count). The van der Waals surface area contributed by atoms with Gasteiger partial charge in [0.15, 0.2) is 0 Å². The molecule has 1 amide bonds. The van der Waals surface area contributed by atoms with Crippen LogP contribution in [0.1, 0.15) is 12.5 Å². The molecule has 0 saturated carbocycles. The zero-order valence-electron chi connectivity index (χ0n) is 16.4. The summed E-state index contributed by atoms with van der Waals surface area (Å²) in [5.74, 6) is -0.437. The molecule has 1 fully saturated rings. The molecule has 7 nitrogen and oxygen atoms in total. The van der Waals surface area contributed by atoms with Crippen molar-refractivity contribution in [3.63, 3.8) is 0 Å². The van der Waals surface area contributed by atoms with E-state index in [-0.39, 0.29) is 23.0 Å². The van der Waals surface area contributed by atoms with E-state index in [0.717, 1.165) is 17.8 Å². The Morgan fingerprint density at radius 2 is 1.94 bits per heavy atom. The molecule has 12 heteroatoms. The van der Waals surface area contributed by atoms with Crippen molar-refractivity contribution in [3.8, 4) is 0 Å². The molecule has 1 aliphatic rings. The van der Waals surface area contributed by atoms with Crippen molar-refractivity contribution in [2.75, 3.05) is 31.6 Å². The van der Waals surface area contributed by atoms with Gasteiger partial charge in [-0.05, 0) is 37.3 Å². The number of sulfonamides is 1. The van der Waals surface area contributed by atoms with E-state index in [0.29, 0.717) is 25.1 Å². The molecule has 0 spiro atoms. The highest BCUT2D eigenvalue weighted by Crippen LogP contribution is 2.30. The van der Waals surface area contributed by atoms with Gasteiger partial charge in [-0.1, -0.05) is 17.8 Å². The van der Waals surface area contributed by atoms with Crippen molar-refractivity contribution in [2.24, 2.45) is 0 Å². The van der Waals surface area contributed by atoms with E-state index in [1.54, 1.807) is 13.0 Å². The first-order chi connectivity index (χ1) is 14.6. The van der Waals surface area contributed by atoms with Crippen LogP contribution in [0.15, 0.2) is 52.5 Å². The van der Waals surface area contributed by atoms with Crippen molar-refractivity contribution in [1.29, 1.82) is 0 Å². The number of carbonyl (C=O) groups excluding carboxylic acids is 1. The number of nitrogens with one attached hydrogen (secondary N) is 1. The summed E-state index contributed by atoms with van der Waals surface area (Å²) >= 11 is 0.992. The summed E-state index contributed by atoms with van der Waals surface area (Å²) in [6.45, 7) is 2.73. The Hall–Kier alpha value is -2.15. The van der Waals surface area contributed by atoms with Crippen LogP contribution in [-0.2, 0) is 25.7 Å². The maximum Gasteiger partial charge on any atom is 0.417 e. The lowest BCUT2D eigenvalue weighted by Gasteiger charge is -2.26. The smallest absolute Gasteiger partial charge is 0.379 e. The number of morpholine rings is 1. The van der Waals surface area contributed by atoms with Crippen molar-refractivity contribution in [2.45, 2.75) is 28.3 Å². The summed E-state index contributed by atoms with van der Waals surface area (Å²) in [5, 5.41) is 2.22. The maximum atomic E-state index is 12.8. The number of ether oxygens (including phenoxy) is 1. The summed E-state index contributed by atoms with van der Waals surface area (Å²) in [5.41, 5.74) is -0.570. The Balaban J connectivity index is 1.65. The number of thioether (sulfide) groups is 1. The minimum atomic E-state index is -4.48. The second-order valence-electron chi connectivity index (χ2n) is 6.68. The summed E-state index contributed by atoms with van der Waals surface area (Å²) < 4.78 is 69.9. The number of hydrogen-bond acceptors (Lipinski definition) is 6. The van der Waals surface area contributed by atoms with Gasteiger partial charge in [0.2, 0.25) is 15.9 Å². The van der Waals surface area contributed by atoms with Crippen LogP contribution in [0.5, 0.6) is 0 Å². The molecule has 1 aromatic heterocycles. The standard InChI is InChI=1S/C19H20F3N3O4S2/c1-13(30-17-6-5-14(12-23-17)19(20,21)22)18(26)24-15-3-2-4-16(11-15)31(27,28)25-7-9-29-10-8-25/h2-6,11-13H,7-10H2,1H3,(H,24,26)/t13-/m1/s1. The summed E-state index contributed by atoms with van der Waals surface area (Å²) in [6, 6.07) is 8.01. The van der Waals surface area contributed by atoms with Crippen molar-refractivity contribution < 1.29 is 31.1 Å². The second-order valence-corrected chi connectivity index (χ2v) is 9.98. The van der Waals surface area contributed by atoms with Crippen molar-refractivity contribution in [3.05, 3.63) is 48.2 Å². The summed E-state index contributed by atoms with van der Waals surface area (Å²) in [4.78, 5) is 16.3. The fourth-order valence-electron chi connectivity index (χ4n) is 2.77. The largest absolute Gasteiger partial charge is 0.417 e. The highest BCUT2D eigenvalue weighted by molar-refractivity contribution is 8.00. The summed E-state index contributed by atoms with van der Waals surface area (Å²) in [7, 11) is -3.71. The lowest BCUT2D eigenvalue weighted by atomic mass is 10.3. The molecule has 1 N–H and O–H groups in total. The maximum absolute atomic E-state index is 12.8. The van der Waals surface area contributed by atoms with Crippen LogP contribution in [0.3, 0.4) is 0 Å². The lowest BCUT2D eigenvalue weighted by molar-refractivity contribution is -0.137. The molecule has 2 heterocycles. The Morgan fingerprint density at radius 3 is 2.55 bits per heavy atom. The molecular weight excluding hydrogens is 455 g/mol. The average molecular weight is 476 g/mol. The van der Waals surface area contributed by atoms with E-state index >= 15 is 0 Å². The first-order valence-corrected chi connectivity index (χ1v) is 11.6. The van der Waals surface area contributed by atoms with Crippen LogP contribution in [-0.4, -0.2) is 55.2 Å². The van der Waals surface area contributed by atoms with Gasteiger partial charge >= 0.3 is 6.18 Å². The number of carbonyl (C=O) groups is 1. The molecule has 0 aliphatic carbocycles. The number of pyridine rings is 1. The number of rotatable bonds is 6. The van der Waals surface area contributed by atoms with Crippen LogP contribution >= 0.6 is 11.8 Å². The number of anilines is 1. The SMILES string of the molecule is C[C@@H](Sc1ccc(C(F)(F)F)cn1)C(=O)Nc1cccc(S(=O)(=O)N2CCOCC2)c1. The van der Waals surface area contributed by atoms with Gasteiger partial charge in [0.05, 0.1) is 33.9 Å². The normalized spacial score (nSPS) is 16.6. The number of halogens is 3. The Bertz CT molecular complexity index is 1020. The first-order valence-electron chi connectivity index (χ1n) is 9.26. The number of hydrogen-bond donors (Lipinski definition) is 1. The average Bonchev–Trinajstić information content (AvgIpc) is 2.74. The molecule has 168 valence electrons. The Morgan fingerprint density at radius 1 is 1.23 bits per heavy atom. The van der Waals surface area contributed by atoms with E-state index in [1.165, 1.54) is 28.6 Å². The van der Waals surface area contributed by atoms with Crippen LogP contribution in [0, 0.1) is 0 Å². The zero-order valence-corrected chi connectivity index (χ0v) is 18.1. The fraction of sp³-hybridized carbons (Fsp3) is 0.368. The Labute approximate surface area is 182 Å². The van der Waals surface area contributed by atoms with Crippen LogP contribution in [0.2, 0.25) is 0 Å². The molecule has 0 bridgehead atoms. The van der Waals surface area contributed by atoms with Crippen molar-refractivity contribution >= 4 is 33.4 Å². The molecule has 1 atom stereocenters. The van der Waals surface area contributed by atoms with E-state index < -0.39 is 32.9 Å². The van der Waals surface area contributed by atoms with Gasteiger partial charge in [-0.2, -0.15) is 17.5 Å². The predicted molar refractivity (Wildman–Crippen MR) is 109 cm³/mol. The van der Waals surface area contributed by atoms with Gasteiger partial charge in [-0.3, -0.25) is 4.79 Å². The Kier molecular flexibility index (Phi) is 7.24. The first kappa shape index (κ1) is 23.5. The number of alkyl halides is 3. The second kappa shape index (κ2) is 9.55. The summed E-state index contributed by atoms with van der Waals surface area (Å²) in [6.07, 6.45) is -3.77. The number of aromatic nitrogens is 1. The number of amides is 1. The van der Waals surface area contributed by atoms with Gasteiger partial charge in [-0.15, -0.1) is 0 Å². The quantitative estimate of drug-likeness (QED) is 0.646.